The number of ether oxygens (including phenoxy) is 1. The number of methoxy groups -OCH3 is 1. The maximum Gasteiger partial charge on any atom is 0.337 e. The van der Waals surface area contributed by atoms with Gasteiger partial charge in [-0.1, -0.05) is 6.07 Å². The number of nitrogens with zero attached hydrogens (tertiary/aromatic N) is 1. The van der Waals surface area contributed by atoms with Gasteiger partial charge in [-0.2, -0.15) is 5.10 Å². The van der Waals surface area contributed by atoms with E-state index in [1.165, 1.54) is 25.3 Å². The van der Waals surface area contributed by atoms with Crippen LogP contribution in [0.25, 0.3) is 0 Å². The van der Waals surface area contributed by atoms with Gasteiger partial charge in [0, 0.05) is 11.8 Å². The van der Waals surface area contributed by atoms with Gasteiger partial charge >= 0.3 is 12.0 Å². The second-order valence-corrected chi connectivity index (χ2v) is 3.96. The van der Waals surface area contributed by atoms with E-state index in [0.29, 0.717) is 11.3 Å². The molecule has 0 atom stereocenters. The van der Waals surface area contributed by atoms with Crippen molar-refractivity contribution in [1.29, 1.82) is 0 Å². The van der Waals surface area contributed by atoms with Gasteiger partial charge in [-0.05, 0) is 24.3 Å². The van der Waals surface area contributed by atoms with E-state index < -0.39 is 12.0 Å². The summed E-state index contributed by atoms with van der Waals surface area (Å²) in [5, 5.41) is 10.8. The molecule has 2 aromatic rings. The number of esters is 1. The van der Waals surface area contributed by atoms with Crippen molar-refractivity contribution in [2.24, 2.45) is 0 Å². The van der Waals surface area contributed by atoms with Crippen LogP contribution in [0, 0.1) is 0 Å². The molecule has 2 rings (SSSR count). The summed E-state index contributed by atoms with van der Waals surface area (Å²) in [5.74, 6) is -0.308. The minimum atomic E-state index is -0.559. The zero-order valence-corrected chi connectivity index (χ0v) is 11.0. The number of carbonyl (C=O) groups excluding carboxylic acids is 2. The standard InChI is InChI=1S/C13H12N4O4/c1-21-12(19)8-3-2-4-9(7-8)14-13(20)15-10-5-6-11(18)17-16-10/h2-7H,1H3,(H,17,18)(H2,14,15,16,20). The Kier molecular flexibility index (Phi) is 4.30. The summed E-state index contributed by atoms with van der Waals surface area (Å²) in [5.41, 5.74) is 0.365. The Morgan fingerprint density at radius 3 is 2.67 bits per heavy atom. The van der Waals surface area contributed by atoms with Gasteiger partial charge in [-0.3, -0.25) is 10.1 Å². The number of H-pyrrole nitrogens is 1. The number of aromatic nitrogens is 2. The summed E-state index contributed by atoms with van der Waals surface area (Å²) in [6.07, 6.45) is 0. The zero-order chi connectivity index (χ0) is 15.2. The third-order valence-corrected chi connectivity index (χ3v) is 2.46. The zero-order valence-electron chi connectivity index (χ0n) is 11.0. The molecular formula is C13H12N4O4. The molecule has 0 radical (unpaired) electrons. The lowest BCUT2D eigenvalue weighted by Crippen LogP contribution is -2.21. The van der Waals surface area contributed by atoms with Crippen molar-refractivity contribution in [1.82, 2.24) is 10.2 Å². The van der Waals surface area contributed by atoms with Crippen molar-refractivity contribution < 1.29 is 14.3 Å². The van der Waals surface area contributed by atoms with Gasteiger partial charge in [-0.15, -0.1) is 0 Å². The molecule has 0 aliphatic carbocycles. The topological polar surface area (TPSA) is 113 Å². The number of urea groups is 1. The number of benzene rings is 1. The molecule has 3 N–H and O–H groups in total. The molecule has 0 spiro atoms. The van der Waals surface area contributed by atoms with Crippen LogP contribution in [0.1, 0.15) is 10.4 Å². The highest BCUT2D eigenvalue weighted by Crippen LogP contribution is 2.12. The molecule has 0 bridgehead atoms. The predicted octanol–water partition coefficient (Wildman–Crippen LogP) is 1.20. The first-order valence-corrected chi connectivity index (χ1v) is 5.90. The maximum absolute atomic E-state index is 11.7. The number of anilines is 2. The minimum absolute atomic E-state index is 0.191. The van der Waals surface area contributed by atoms with Crippen molar-refractivity contribution >= 4 is 23.5 Å². The van der Waals surface area contributed by atoms with Gasteiger partial charge in [0.05, 0.1) is 12.7 Å². The van der Waals surface area contributed by atoms with Gasteiger partial charge < -0.3 is 10.1 Å². The molecule has 0 aliphatic rings. The Labute approximate surface area is 119 Å². The molecule has 2 amide bonds. The van der Waals surface area contributed by atoms with E-state index in [4.69, 9.17) is 0 Å². The fraction of sp³-hybridized carbons (Fsp3) is 0.0769. The third kappa shape index (κ3) is 3.90. The van der Waals surface area contributed by atoms with E-state index >= 15 is 0 Å². The van der Waals surface area contributed by atoms with Crippen LogP contribution in [0.15, 0.2) is 41.2 Å². The molecule has 8 nitrogen and oxygen atoms in total. The van der Waals surface area contributed by atoms with E-state index in [1.54, 1.807) is 18.2 Å². The number of rotatable bonds is 3. The number of aromatic amines is 1. The fourth-order valence-electron chi connectivity index (χ4n) is 1.53. The Morgan fingerprint density at radius 1 is 1.19 bits per heavy atom. The monoisotopic (exact) mass is 288 g/mol. The minimum Gasteiger partial charge on any atom is -0.465 e. The van der Waals surface area contributed by atoms with Crippen LogP contribution in [-0.4, -0.2) is 29.3 Å². The average molecular weight is 288 g/mol. The van der Waals surface area contributed by atoms with Gasteiger partial charge in [0.2, 0.25) is 0 Å². The van der Waals surface area contributed by atoms with Crippen LogP contribution in [0.2, 0.25) is 0 Å². The molecule has 1 heterocycles. The summed E-state index contributed by atoms with van der Waals surface area (Å²) in [7, 11) is 1.27. The van der Waals surface area contributed by atoms with Crippen molar-refractivity contribution in [3.05, 3.63) is 52.3 Å². The average Bonchev–Trinajstić information content (AvgIpc) is 2.49. The largest absolute Gasteiger partial charge is 0.465 e. The molecular weight excluding hydrogens is 276 g/mol. The van der Waals surface area contributed by atoms with Crippen LogP contribution in [0.5, 0.6) is 0 Å². The molecule has 0 unspecified atom stereocenters. The normalized spacial score (nSPS) is 9.76. The highest BCUT2D eigenvalue weighted by Gasteiger charge is 2.08. The number of hydrogen-bond donors (Lipinski definition) is 3. The summed E-state index contributed by atoms with van der Waals surface area (Å²) < 4.78 is 4.59. The van der Waals surface area contributed by atoms with E-state index in [0.717, 1.165) is 0 Å². The SMILES string of the molecule is COC(=O)c1cccc(NC(=O)Nc2ccc(=O)[nH]n2)c1. The Hall–Kier alpha value is -3.16. The van der Waals surface area contributed by atoms with Crippen LogP contribution in [0.4, 0.5) is 16.3 Å². The first-order valence-electron chi connectivity index (χ1n) is 5.90. The molecule has 1 aromatic carbocycles. The maximum atomic E-state index is 11.7. The lowest BCUT2D eigenvalue weighted by Gasteiger charge is -2.07. The summed E-state index contributed by atoms with van der Waals surface area (Å²) >= 11 is 0. The summed E-state index contributed by atoms with van der Waals surface area (Å²) in [6.45, 7) is 0. The number of nitrogens with one attached hydrogen (secondary N) is 3. The number of carbonyl (C=O) groups is 2. The lowest BCUT2D eigenvalue weighted by molar-refractivity contribution is 0.0600. The first-order chi connectivity index (χ1) is 10.1. The van der Waals surface area contributed by atoms with Crippen molar-refractivity contribution in [2.45, 2.75) is 0 Å². The molecule has 0 saturated heterocycles. The summed E-state index contributed by atoms with van der Waals surface area (Å²) in [6, 6.07) is 8.32. The van der Waals surface area contributed by atoms with E-state index in [-0.39, 0.29) is 11.4 Å². The van der Waals surface area contributed by atoms with Gasteiger partial charge in [-0.25, -0.2) is 14.7 Å². The summed E-state index contributed by atoms with van der Waals surface area (Å²) in [4.78, 5) is 34.0. The molecule has 0 saturated carbocycles. The van der Waals surface area contributed by atoms with Crippen molar-refractivity contribution in [2.75, 3.05) is 17.7 Å². The smallest absolute Gasteiger partial charge is 0.337 e. The fourth-order valence-corrected chi connectivity index (χ4v) is 1.53. The van der Waals surface area contributed by atoms with Gasteiger partial charge in [0.25, 0.3) is 5.56 Å². The first kappa shape index (κ1) is 14.3. The van der Waals surface area contributed by atoms with Crippen LogP contribution < -0.4 is 16.2 Å². The lowest BCUT2D eigenvalue weighted by atomic mass is 10.2. The van der Waals surface area contributed by atoms with Gasteiger partial charge in [0.15, 0.2) is 5.82 Å². The van der Waals surface area contributed by atoms with Crippen molar-refractivity contribution in [3.63, 3.8) is 0 Å². The second-order valence-electron chi connectivity index (χ2n) is 3.96. The van der Waals surface area contributed by atoms with E-state index in [2.05, 4.69) is 25.6 Å². The highest BCUT2D eigenvalue weighted by atomic mass is 16.5. The Bertz CT molecular complexity index is 706. The molecule has 1 aromatic heterocycles. The highest BCUT2D eigenvalue weighted by molar-refractivity contribution is 6.00. The van der Waals surface area contributed by atoms with Gasteiger partial charge in [0.1, 0.15) is 0 Å². The number of amides is 2. The molecule has 8 heteroatoms. The quantitative estimate of drug-likeness (QED) is 0.734. The molecule has 0 aliphatic heterocycles. The second kappa shape index (κ2) is 6.33. The van der Waals surface area contributed by atoms with Crippen LogP contribution in [0.3, 0.4) is 0 Å². The van der Waals surface area contributed by atoms with Crippen LogP contribution >= 0.6 is 0 Å². The van der Waals surface area contributed by atoms with Crippen LogP contribution in [-0.2, 0) is 4.74 Å². The van der Waals surface area contributed by atoms with E-state index in [9.17, 15) is 14.4 Å². The van der Waals surface area contributed by atoms with Crippen molar-refractivity contribution in [3.8, 4) is 0 Å². The Morgan fingerprint density at radius 2 is 2.00 bits per heavy atom. The third-order valence-electron chi connectivity index (χ3n) is 2.46. The Balaban J connectivity index is 2.04. The molecule has 0 fully saturated rings. The molecule has 108 valence electrons. The molecule has 21 heavy (non-hydrogen) atoms. The van der Waals surface area contributed by atoms with E-state index in [1.807, 2.05) is 0 Å². The predicted molar refractivity (Wildman–Crippen MR) is 75.3 cm³/mol. The number of hydrogen-bond acceptors (Lipinski definition) is 5.